The van der Waals surface area contributed by atoms with Crippen LogP contribution in [0.3, 0.4) is 0 Å². The molecular formula is C13H26N2O2. The summed E-state index contributed by atoms with van der Waals surface area (Å²) in [7, 11) is 0. The molecule has 4 nitrogen and oxygen atoms in total. The van der Waals surface area contributed by atoms with E-state index < -0.39 is 11.4 Å². The average molecular weight is 242 g/mol. The van der Waals surface area contributed by atoms with Gasteiger partial charge < -0.3 is 16.2 Å². The van der Waals surface area contributed by atoms with E-state index in [4.69, 9.17) is 16.2 Å². The van der Waals surface area contributed by atoms with Crippen LogP contribution in [-0.2, 0) is 9.53 Å². The molecule has 1 aliphatic rings. The van der Waals surface area contributed by atoms with Gasteiger partial charge in [0.15, 0.2) is 0 Å². The first-order valence-corrected chi connectivity index (χ1v) is 6.67. The van der Waals surface area contributed by atoms with Crippen LogP contribution < -0.4 is 11.5 Å². The number of rotatable bonds is 6. The fourth-order valence-corrected chi connectivity index (χ4v) is 2.41. The van der Waals surface area contributed by atoms with Crippen molar-refractivity contribution >= 4 is 5.91 Å². The first kappa shape index (κ1) is 14.5. The summed E-state index contributed by atoms with van der Waals surface area (Å²) in [4.78, 5) is 11.1. The number of carbonyl (C=O) groups is 1. The Balaban J connectivity index is 2.32. The molecule has 1 amide bonds. The zero-order chi connectivity index (χ0) is 12.9. The van der Waals surface area contributed by atoms with E-state index in [1.165, 1.54) is 25.7 Å². The van der Waals surface area contributed by atoms with Gasteiger partial charge in [-0.15, -0.1) is 0 Å². The fourth-order valence-electron chi connectivity index (χ4n) is 2.41. The van der Waals surface area contributed by atoms with E-state index in [0.29, 0.717) is 25.0 Å². The van der Waals surface area contributed by atoms with Gasteiger partial charge in [-0.25, -0.2) is 0 Å². The topological polar surface area (TPSA) is 78.3 Å². The van der Waals surface area contributed by atoms with Crippen molar-refractivity contribution in [3.63, 3.8) is 0 Å². The molecule has 4 N–H and O–H groups in total. The lowest BCUT2D eigenvalue weighted by atomic mass is 9.84. The van der Waals surface area contributed by atoms with Gasteiger partial charge in [0.25, 0.3) is 0 Å². The molecule has 0 aliphatic heterocycles. The van der Waals surface area contributed by atoms with Crippen LogP contribution in [-0.4, -0.2) is 24.2 Å². The summed E-state index contributed by atoms with van der Waals surface area (Å²) in [6, 6.07) is 0. The Kier molecular flexibility index (Phi) is 5.40. The highest BCUT2D eigenvalue weighted by Crippen LogP contribution is 2.29. The summed E-state index contributed by atoms with van der Waals surface area (Å²) in [5.41, 5.74) is 10.1. The number of nitrogens with two attached hydrogens (primary N) is 2. The second-order valence-corrected chi connectivity index (χ2v) is 5.39. The summed E-state index contributed by atoms with van der Waals surface area (Å²) in [5.74, 6) is 0.207. The van der Waals surface area contributed by atoms with Crippen LogP contribution in [0.2, 0.25) is 0 Å². The predicted molar refractivity (Wildman–Crippen MR) is 68.4 cm³/mol. The Morgan fingerprint density at radius 1 is 1.41 bits per heavy atom. The Bertz CT molecular complexity index is 254. The monoisotopic (exact) mass is 242 g/mol. The lowest BCUT2D eigenvalue weighted by Gasteiger charge is -2.31. The van der Waals surface area contributed by atoms with Crippen molar-refractivity contribution < 1.29 is 9.53 Å². The van der Waals surface area contributed by atoms with Crippen molar-refractivity contribution in [1.82, 2.24) is 0 Å². The smallest absolute Gasteiger partial charge is 0.237 e. The summed E-state index contributed by atoms with van der Waals surface area (Å²) < 4.78 is 5.88. The minimum absolute atomic E-state index is 0.345. The molecule has 1 aliphatic carbocycles. The molecular weight excluding hydrogens is 216 g/mol. The summed E-state index contributed by atoms with van der Waals surface area (Å²) in [6.07, 6.45) is 6.96. The average Bonchev–Trinajstić information content (AvgIpc) is 2.29. The van der Waals surface area contributed by atoms with Gasteiger partial charge in [0, 0.05) is 6.61 Å². The van der Waals surface area contributed by atoms with Crippen LogP contribution in [0.15, 0.2) is 0 Å². The molecule has 0 aromatic carbocycles. The molecule has 0 aromatic heterocycles. The second-order valence-electron chi connectivity index (χ2n) is 5.39. The number of hydrogen-bond donors (Lipinski definition) is 2. The van der Waals surface area contributed by atoms with E-state index in [0.717, 1.165) is 6.42 Å². The van der Waals surface area contributed by atoms with E-state index in [9.17, 15) is 4.79 Å². The predicted octanol–water partition coefficient (Wildman–Crippen LogP) is 1.56. The molecule has 0 saturated heterocycles. The minimum Gasteiger partial charge on any atom is -0.378 e. The summed E-state index contributed by atoms with van der Waals surface area (Å²) in [5, 5.41) is 0. The van der Waals surface area contributed by atoms with Crippen molar-refractivity contribution in [2.75, 3.05) is 6.61 Å². The van der Waals surface area contributed by atoms with Gasteiger partial charge in [0.1, 0.15) is 0 Å². The molecule has 17 heavy (non-hydrogen) atoms. The SMILES string of the molecule is CCC1CCCCC1OCCC(C)(N)C(N)=O. The normalized spacial score (nSPS) is 28.6. The van der Waals surface area contributed by atoms with Gasteiger partial charge in [0.2, 0.25) is 5.91 Å². The standard InChI is InChI=1S/C13H26N2O2/c1-3-10-6-4-5-7-11(10)17-9-8-13(2,15)12(14)16/h10-11H,3-9,15H2,1-2H3,(H2,14,16). The van der Waals surface area contributed by atoms with Crippen LogP contribution >= 0.6 is 0 Å². The molecule has 3 unspecified atom stereocenters. The van der Waals surface area contributed by atoms with Gasteiger partial charge in [-0.3, -0.25) is 4.79 Å². The number of ether oxygens (including phenoxy) is 1. The molecule has 1 fully saturated rings. The molecule has 0 aromatic rings. The zero-order valence-corrected chi connectivity index (χ0v) is 11.1. The molecule has 0 heterocycles. The Hall–Kier alpha value is -0.610. The van der Waals surface area contributed by atoms with E-state index >= 15 is 0 Å². The maximum Gasteiger partial charge on any atom is 0.237 e. The molecule has 1 rings (SSSR count). The molecule has 0 spiro atoms. The minimum atomic E-state index is -0.948. The van der Waals surface area contributed by atoms with Crippen molar-refractivity contribution in [3.8, 4) is 0 Å². The third kappa shape index (κ3) is 4.28. The molecule has 4 heteroatoms. The van der Waals surface area contributed by atoms with E-state index in [2.05, 4.69) is 6.92 Å². The Labute approximate surface area is 104 Å². The molecule has 1 saturated carbocycles. The highest BCUT2D eigenvalue weighted by molar-refractivity contribution is 5.83. The molecule has 100 valence electrons. The number of primary amides is 1. The quantitative estimate of drug-likeness (QED) is 0.742. The van der Waals surface area contributed by atoms with E-state index in [1.54, 1.807) is 6.92 Å². The van der Waals surface area contributed by atoms with Gasteiger partial charge >= 0.3 is 0 Å². The Morgan fingerprint density at radius 3 is 2.65 bits per heavy atom. The largest absolute Gasteiger partial charge is 0.378 e. The lowest BCUT2D eigenvalue weighted by Crippen LogP contribution is -2.50. The van der Waals surface area contributed by atoms with Crippen LogP contribution in [0.4, 0.5) is 0 Å². The number of hydrogen-bond acceptors (Lipinski definition) is 3. The van der Waals surface area contributed by atoms with Gasteiger partial charge in [0.05, 0.1) is 11.6 Å². The van der Waals surface area contributed by atoms with Gasteiger partial charge in [-0.05, 0) is 32.1 Å². The van der Waals surface area contributed by atoms with Gasteiger partial charge in [-0.2, -0.15) is 0 Å². The second kappa shape index (κ2) is 6.36. The Morgan fingerprint density at radius 2 is 2.06 bits per heavy atom. The van der Waals surface area contributed by atoms with Crippen LogP contribution in [0.5, 0.6) is 0 Å². The highest BCUT2D eigenvalue weighted by atomic mass is 16.5. The molecule has 0 bridgehead atoms. The highest BCUT2D eigenvalue weighted by Gasteiger charge is 2.28. The van der Waals surface area contributed by atoms with Crippen LogP contribution in [0.1, 0.15) is 52.4 Å². The van der Waals surface area contributed by atoms with Crippen molar-refractivity contribution in [1.29, 1.82) is 0 Å². The lowest BCUT2D eigenvalue weighted by molar-refractivity contribution is -0.123. The summed E-state index contributed by atoms with van der Waals surface area (Å²) >= 11 is 0. The van der Waals surface area contributed by atoms with Crippen LogP contribution in [0.25, 0.3) is 0 Å². The third-order valence-corrected chi connectivity index (χ3v) is 3.88. The maximum atomic E-state index is 11.1. The number of amides is 1. The van der Waals surface area contributed by atoms with Crippen molar-refractivity contribution in [3.05, 3.63) is 0 Å². The zero-order valence-electron chi connectivity index (χ0n) is 11.1. The van der Waals surface area contributed by atoms with Crippen molar-refractivity contribution in [2.24, 2.45) is 17.4 Å². The first-order valence-electron chi connectivity index (χ1n) is 6.67. The maximum absolute atomic E-state index is 11.1. The fraction of sp³-hybridized carbons (Fsp3) is 0.923. The summed E-state index contributed by atoms with van der Waals surface area (Å²) in [6.45, 7) is 4.40. The van der Waals surface area contributed by atoms with Crippen LogP contribution in [0, 0.1) is 5.92 Å². The van der Waals surface area contributed by atoms with Crippen molar-refractivity contribution in [2.45, 2.75) is 64.0 Å². The van der Waals surface area contributed by atoms with E-state index in [-0.39, 0.29) is 0 Å². The molecule has 3 atom stereocenters. The molecule has 0 radical (unpaired) electrons. The first-order chi connectivity index (χ1) is 7.97. The van der Waals surface area contributed by atoms with E-state index in [1.807, 2.05) is 0 Å². The third-order valence-electron chi connectivity index (χ3n) is 3.88. The number of carbonyl (C=O) groups excluding carboxylic acids is 1. The van der Waals surface area contributed by atoms with Gasteiger partial charge in [-0.1, -0.05) is 26.2 Å².